The van der Waals surface area contributed by atoms with Crippen LogP contribution in [0.2, 0.25) is 0 Å². The Kier molecular flexibility index (Phi) is 3.78. The first-order valence-corrected chi connectivity index (χ1v) is 6.14. The van der Waals surface area contributed by atoms with Crippen LogP contribution in [0, 0.1) is 0 Å². The van der Waals surface area contributed by atoms with Gasteiger partial charge in [0.05, 0.1) is 6.10 Å². The lowest BCUT2D eigenvalue weighted by molar-refractivity contribution is 0.0818. The first-order chi connectivity index (χ1) is 8.22. The number of nitrogen functional groups attached to an aromatic ring is 1. The highest BCUT2D eigenvalue weighted by molar-refractivity contribution is 5.47. The van der Waals surface area contributed by atoms with Crippen LogP contribution < -0.4 is 10.6 Å². The third-order valence-corrected chi connectivity index (χ3v) is 3.19. The molecule has 0 unspecified atom stereocenters. The van der Waals surface area contributed by atoms with E-state index in [1.807, 2.05) is 13.0 Å². The first kappa shape index (κ1) is 12.1. The van der Waals surface area contributed by atoms with Gasteiger partial charge in [-0.15, -0.1) is 0 Å². The summed E-state index contributed by atoms with van der Waals surface area (Å²) in [6.07, 6.45) is 3.28. The Balaban J connectivity index is 2.10. The van der Waals surface area contributed by atoms with Crippen molar-refractivity contribution in [2.45, 2.75) is 32.3 Å². The molecule has 17 heavy (non-hydrogen) atoms. The third-order valence-electron chi connectivity index (χ3n) is 3.19. The lowest BCUT2D eigenvalue weighted by Gasteiger charge is -2.32. The molecule has 1 aliphatic heterocycles. The monoisotopic (exact) mass is 236 g/mol. The second-order valence-corrected chi connectivity index (χ2v) is 4.34. The predicted molar refractivity (Wildman–Crippen MR) is 68.1 cm³/mol. The van der Waals surface area contributed by atoms with Crippen molar-refractivity contribution in [3.05, 3.63) is 11.9 Å². The number of nitrogens with zero attached hydrogens (tertiary/aromatic N) is 3. The molecule has 5 nitrogen and oxygen atoms in total. The summed E-state index contributed by atoms with van der Waals surface area (Å²) in [7, 11) is 1.78. The van der Waals surface area contributed by atoms with Gasteiger partial charge in [-0.05, 0) is 12.8 Å². The van der Waals surface area contributed by atoms with E-state index in [2.05, 4.69) is 14.9 Å². The van der Waals surface area contributed by atoms with Crippen LogP contribution in [0.4, 0.5) is 11.6 Å². The number of anilines is 2. The molecule has 0 bridgehead atoms. The molecule has 0 atom stereocenters. The second-order valence-electron chi connectivity index (χ2n) is 4.34. The Hall–Kier alpha value is -1.36. The summed E-state index contributed by atoms with van der Waals surface area (Å²) in [4.78, 5) is 11.0. The van der Waals surface area contributed by atoms with Crippen molar-refractivity contribution in [2.24, 2.45) is 0 Å². The Bertz CT molecular complexity index is 375. The van der Waals surface area contributed by atoms with Crippen LogP contribution in [0.25, 0.3) is 0 Å². The van der Waals surface area contributed by atoms with E-state index in [0.29, 0.717) is 11.9 Å². The maximum Gasteiger partial charge on any atom is 0.134 e. The summed E-state index contributed by atoms with van der Waals surface area (Å²) in [5.74, 6) is 2.32. The highest BCUT2D eigenvalue weighted by Crippen LogP contribution is 2.20. The molecule has 2 heterocycles. The summed E-state index contributed by atoms with van der Waals surface area (Å²) < 4.78 is 5.36. The van der Waals surface area contributed by atoms with Crippen molar-refractivity contribution in [2.75, 3.05) is 30.8 Å². The van der Waals surface area contributed by atoms with Crippen LogP contribution in [-0.4, -0.2) is 36.3 Å². The smallest absolute Gasteiger partial charge is 0.134 e. The van der Waals surface area contributed by atoms with Crippen LogP contribution >= 0.6 is 0 Å². The Morgan fingerprint density at radius 3 is 2.71 bits per heavy atom. The second kappa shape index (κ2) is 5.31. The average Bonchev–Trinajstić information content (AvgIpc) is 2.38. The van der Waals surface area contributed by atoms with Gasteiger partial charge in [0.1, 0.15) is 17.5 Å². The van der Waals surface area contributed by atoms with E-state index in [-0.39, 0.29) is 0 Å². The Morgan fingerprint density at radius 1 is 1.41 bits per heavy atom. The molecular formula is C12H20N4O. The SMILES string of the molecule is CCc1nc(N)cc(N2CCC(OC)CC2)n1. The van der Waals surface area contributed by atoms with E-state index in [4.69, 9.17) is 10.5 Å². The van der Waals surface area contributed by atoms with Crippen LogP contribution in [-0.2, 0) is 11.2 Å². The fourth-order valence-electron chi connectivity index (χ4n) is 2.14. The molecule has 1 saturated heterocycles. The van der Waals surface area contributed by atoms with Gasteiger partial charge in [0.15, 0.2) is 0 Å². The summed E-state index contributed by atoms with van der Waals surface area (Å²) in [6.45, 7) is 3.98. The lowest BCUT2D eigenvalue weighted by atomic mass is 10.1. The molecule has 0 amide bonds. The van der Waals surface area contributed by atoms with Gasteiger partial charge in [-0.2, -0.15) is 0 Å². The molecule has 0 radical (unpaired) electrons. The number of hydrogen-bond donors (Lipinski definition) is 1. The molecular weight excluding hydrogens is 216 g/mol. The number of aryl methyl sites for hydroxylation is 1. The standard InChI is InChI=1S/C12H20N4O/c1-3-11-14-10(13)8-12(15-11)16-6-4-9(17-2)5-7-16/h8-9H,3-7H2,1-2H3,(H2,13,14,15). The van der Waals surface area contributed by atoms with Crippen molar-refractivity contribution in [3.63, 3.8) is 0 Å². The maximum atomic E-state index is 5.79. The summed E-state index contributed by atoms with van der Waals surface area (Å²) >= 11 is 0. The molecule has 1 aromatic rings. The fourth-order valence-corrected chi connectivity index (χ4v) is 2.14. The van der Waals surface area contributed by atoms with Crippen molar-refractivity contribution < 1.29 is 4.74 Å². The molecule has 0 saturated carbocycles. The van der Waals surface area contributed by atoms with Crippen molar-refractivity contribution in [1.29, 1.82) is 0 Å². The quantitative estimate of drug-likeness (QED) is 0.855. The Morgan fingerprint density at radius 2 is 2.12 bits per heavy atom. The first-order valence-electron chi connectivity index (χ1n) is 6.14. The zero-order valence-electron chi connectivity index (χ0n) is 10.5. The number of ether oxygens (including phenoxy) is 1. The molecule has 2 rings (SSSR count). The van der Waals surface area contributed by atoms with E-state index in [0.717, 1.165) is 44.0 Å². The topological polar surface area (TPSA) is 64.3 Å². The van der Waals surface area contributed by atoms with E-state index in [1.54, 1.807) is 7.11 Å². The van der Waals surface area contributed by atoms with E-state index in [9.17, 15) is 0 Å². The predicted octanol–water partition coefficient (Wildman–Crippen LogP) is 1.24. The summed E-state index contributed by atoms with van der Waals surface area (Å²) in [6, 6.07) is 1.85. The van der Waals surface area contributed by atoms with E-state index < -0.39 is 0 Å². The third kappa shape index (κ3) is 2.85. The van der Waals surface area contributed by atoms with Gasteiger partial charge < -0.3 is 15.4 Å². The van der Waals surface area contributed by atoms with Gasteiger partial charge in [0, 0.05) is 32.7 Å². The fraction of sp³-hybridized carbons (Fsp3) is 0.667. The number of nitrogens with two attached hydrogens (primary N) is 1. The van der Waals surface area contributed by atoms with Gasteiger partial charge in [-0.1, -0.05) is 6.92 Å². The van der Waals surface area contributed by atoms with Gasteiger partial charge in [0.2, 0.25) is 0 Å². The highest BCUT2D eigenvalue weighted by Gasteiger charge is 2.20. The minimum Gasteiger partial charge on any atom is -0.384 e. The number of piperidine rings is 1. The molecule has 94 valence electrons. The largest absolute Gasteiger partial charge is 0.384 e. The number of rotatable bonds is 3. The van der Waals surface area contributed by atoms with Crippen LogP contribution in [0.15, 0.2) is 6.07 Å². The number of methoxy groups -OCH3 is 1. The van der Waals surface area contributed by atoms with Crippen LogP contribution in [0.5, 0.6) is 0 Å². The van der Waals surface area contributed by atoms with Gasteiger partial charge in [-0.3, -0.25) is 0 Å². The van der Waals surface area contributed by atoms with Gasteiger partial charge >= 0.3 is 0 Å². The number of aromatic nitrogens is 2. The average molecular weight is 236 g/mol. The molecule has 2 N–H and O–H groups in total. The maximum absolute atomic E-state index is 5.79. The molecule has 1 fully saturated rings. The minimum absolute atomic E-state index is 0.385. The normalized spacial score (nSPS) is 17.4. The molecule has 0 aromatic carbocycles. The lowest BCUT2D eigenvalue weighted by Crippen LogP contribution is -2.37. The van der Waals surface area contributed by atoms with Crippen LogP contribution in [0.3, 0.4) is 0 Å². The number of hydrogen-bond acceptors (Lipinski definition) is 5. The Labute approximate surface area is 102 Å². The minimum atomic E-state index is 0.385. The van der Waals surface area contributed by atoms with Crippen LogP contribution in [0.1, 0.15) is 25.6 Å². The zero-order valence-corrected chi connectivity index (χ0v) is 10.5. The van der Waals surface area contributed by atoms with Crippen molar-refractivity contribution in [1.82, 2.24) is 9.97 Å². The molecule has 0 spiro atoms. The van der Waals surface area contributed by atoms with Gasteiger partial charge in [-0.25, -0.2) is 9.97 Å². The molecule has 0 aliphatic carbocycles. The van der Waals surface area contributed by atoms with Gasteiger partial charge in [0.25, 0.3) is 0 Å². The van der Waals surface area contributed by atoms with E-state index in [1.165, 1.54) is 0 Å². The molecule has 1 aromatic heterocycles. The molecule has 5 heteroatoms. The summed E-state index contributed by atoms with van der Waals surface area (Å²) in [5.41, 5.74) is 5.79. The van der Waals surface area contributed by atoms with Crippen molar-refractivity contribution in [3.8, 4) is 0 Å². The summed E-state index contributed by atoms with van der Waals surface area (Å²) in [5, 5.41) is 0. The molecule has 1 aliphatic rings. The highest BCUT2D eigenvalue weighted by atomic mass is 16.5. The van der Waals surface area contributed by atoms with E-state index >= 15 is 0 Å². The van der Waals surface area contributed by atoms with Crippen molar-refractivity contribution >= 4 is 11.6 Å². The zero-order chi connectivity index (χ0) is 12.3.